The monoisotopic (exact) mass is 406 g/mol. The Morgan fingerprint density at radius 3 is 2.77 bits per heavy atom. The first kappa shape index (κ1) is 18.6. The average Bonchev–Trinajstić information content (AvgIpc) is 3.34. The lowest BCUT2D eigenvalue weighted by Gasteiger charge is -2.30. The number of H-pyrrole nitrogens is 1. The number of rotatable bonds is 5. The fourth-order valence-electron chi connectivity index (χ4n) is 3.80. The van der Waals surface area contributed by atoms with Gasteiger partial charge in [0, 0.05) is 31.5 Å². The van der Waals surface area contributed by atoms with Crippen molar-refractivity contribution in [1.29, 1.82) is 0 Å². The molecular formula is C20H22N8O2. The van der Waals surface area contributed by atoms with E-state index in [-0.39, 0.29) is 12.5 Å². The second-order valence-electron chi connectivity index (χ2n) is 7.44. The van der Waals surface area contributed by atoms with E-state index in [2.05, 4.69) is 30.5 Å². The number of pyridine rings is 1. The number of ether oxygens (including phenoxy) is 1. The highest BCUT2D eigenvalue weighted by Crippen LogP contribution is 2.30. The van der Waals surface area contributed by atoms with Gasteiger partial charge in [0.05, 0.1) is 18.4 Å². The lowest BCUT2D eigenvalue weighted by Crippen LogP contribution is -2.42. The highest BCUT2D eigenvalue weighted by atomic mass is 16.5. The highest BCUT2D eigenvalue weighted by molar-refractivity contribution is 6.00. The Morgan fingerprint density at radius 1 is 1.10 bits per heavy atom. The van der Waals surface area contributed by atoms with Crippen LogP contribution < -0.4 is 10.2 Å². The molecule has 0 unspecified atom stereocenters. The van der Waals surface area contributed by atoms with Crippen molar-refractivity contribution in [2.24, 2.45) is 5.92 Å². The number of aromatic amines is 1. The summed E-state index contributed by atoms with van der Waals surface area (Å²) in [6, 6.07) is 3.76. The molecule has 30 heavy (non-hydrogen) atoms. The zero-order chi connectivity index (χ0) is 20.3. The summed E-state index contributed by atoms with van der Waals surface area (Å²) in [5.41, 5.74) is 2.17. The standard InChI is InChI=1S/C20H22N8O2/c29-17-11-23-19-20(28(17)6-3-13-4-7-30-8-5-13)26-16(10-22-19)14-1-2-15(21-9-14)18-24-12-25-27-18/h1-2,9-10,12-13H,3-8,11H2,(H,22,23)(H,24,25,27). The molecule has 3 aromatic rings. The van der Waals surface area contributed by atoms with E-state index in [1.54, 1.807) is 17.3 Å². The zero-order valence-electron chi connectivity index (χ0n) is 16.4. The lowest BCUT2D eigenvalue weighted by atomic mass is 9.96. The van der Waals surface area contributed by atoms with Gasteiger partial charge in [0.2, 0.25) is 5.91 Å². The van der Waals surface area contributed by atoms with Crippen LogP contribution in [0.3, 0.4) is 0 Å². The number of hydrogen-bond donors (Lipinski definition) is 2. The van der Waals surface area contributed by atoms with Crippen molar-refractivity contribution in [3.8, 4) is 22.8 Å². The van der Waals surface area contributed by atoms with Crippen LogP contribution in [0.5, 0.6) is 0 Å². The third-order valence-corrected chi connectivity index (χ3v) is 5.54. The second-order valence-corrected chi connectivity index (χ2v) is 7.44. The summed E-state index contributed by atoms with van der Waals surface area (Å²) >= 11 is 0. The average molecular weight is 406 g/mol. The molecular weight excluding hydrogens is 384 g/mol. The summed E-state index contributed by atoms with van der Waals surface area (Å²) in [5.74, 6) is 2.41. The summed E-state index contributed by atoms with van der Waals surface area (Å²) in [6.07, 6.45) is 7.89. The first-order valence-electron chi connectivity index (χ1n) is 10.1. The van der Waals surface area contributed by atoms with E-state index in [0.717, 1.165) is 38.0 Å². The van der Waals surface area contributed by atoms with Gasteiger partial charge >= 0.3 is 0 Å². The molecule has 0 atom stereocenters. The van der Waals surface area contributed by atoms with Gasteiger partial charge in [-0.05, 0) is 37.3 Å². The minimum Gasteiger partial charge on any atom is -0.381 e. The largest absolute Gasteiger partial charge is 0.381 e. The molecule has 3 aromatic heterocycles. The van der Waals surface area contributed by atoms with Gasteiger partial charge < -0.3 is 10.1 Å². The second kappa shape index (κ2) is 8.15. The molecule has 1 saturated heterocycles. The molecule has 154 valence electrons. The summed E-state index contributed by atoms with van der Waals surface area (Å²) in [6.45, 7) is 2.48. The predicted octanol–water partition coefficient (Wildman–Crippen LogP) is 1.90. The zero-order valence-corrected chi connectivity index (χ0v) is 16.4. The molecule has 0 bridgehead atoms. The molecule has 2 aliphatic rings. The molecule has 0 spiro atoms. The van der Waals surface area contributed by atoms with E-state index in [9.17, 15) is 4.79 Å². The van der Waals surface area contributed by atoms with Crippen molar-refractivity contribution < 1.29 is 9.53 Å². The Labute approximate surface area is 173 Å². The fraction of sp³-hybridized carbons (Fsp3) is 0.400. The normalized spacial score (nSPS) is 16.9. The summed E-state index contributed by atoms with van der Waals surface area (Å²) in [4.78, 5) is 32.1. The molecule has 2 N–H and O–H groups in total. The number of nitrogens with zero attached hydrogens (tertiary/aromatic N) is 6. The minimum atomic E-state index is 0.0137. The van der Waals surface area contributed by atoms with Crippen LogP contribution in [0.1, 0.15) is 19.3 Å². The molecule has 0 radical (unpaired) electrons. The smallest absolute Gasteiger partial charge is 0.247 e. The van der Waals surface area contributed by atoms with Gasteiger partial charge in [-0.15, -0.1) is 0 Å². The summed E-state index contributed by atoms with van der Waals surface area (Å²) in [5, 5.41) is 9.70. The number of aromatic nitrogens is 6. The van der Waals surface area contributed by atoms with Gasteiger partial charge in [0.15, 0.2) is 17.5 Å². The molecule has 10 heteroatoms. The van der Waals surface area contributed by atoms with Gasteiger partial charge in [0.1, 0.15) is 12.0 Å². The van der Waals surface area contributed by atoms with E-state index in [1.807, 2.05) is 12.1 Å². The maximum Gasteiger partial charge on any atom is 0.247 e. The Hall–Kier alpha value is -3.40. The number of carbonyl (C=O) groups excluding carboxylic acids is 1. The number of nitrogens with one attached hydrogen (secondary N) is 2. The van der Waals surface area contributed by atoms with Crippen molar-refractivity contribution in [3.63, 3.8) is 0 Å². The number of hydrogen-bond acceptors (Lipinski definition) is 8. The SMILES string of the molecule is O=C1CNc2ncc(-c3ccc(-c4ncn[nH]4)nc3)nc2N1CCC1CCOCC1. The quantitative estimate of drug-likeness (QED) is 0.659. The Balaban J connectivity index is 1.38. The number of fused-ring (bicyclic) bond motifs is 1. The van der Waals surface area contributed by atoms with Crippen molar-refractivity contribution in [3.05, 3.63) is 30.9 Å². The molecule has 5 heterocycles. The van der Waals surface area contributed by atoms with Crippen molar-refractivity contribution >= 4 is 17.5 Å². The molecule has 1 fully saturated rings. The van der Waals surface area contributed by atoms with Gasteiger partial charge in [-0.1, -0.05) is 0 Å². The molecule has 0 aliphatic carbocycles. The fourth-order valence-corrected chi connectivity index (χ4v) is 3.80. The molecule has 0 saturated carbocycles. The van der Waals surface area contributed by atoms with E-state index >= 15 is 0 Å². The van der Waals surface area contributed by atoms with Gasteiger partial charge in [-0.2, -0.15) is 5.10 Å². The molecule has 10 nitrogen and oxygen atoms in total. The van der Waals surface area contributed by atoms with E-state index in [0.29, 0.717) is 41.3 Å². The third-order valence-electron chi connectivity index (χ3n) is 5.54. The van der Waals surface area contributed by atoms with Gasteiger partial charge in [-0.3, -0.25) is 19.8 Å². The number of carbonyl (C=O) groups is 1. The van der Waals surface area contributed by atoms with Gasteiger partial charge in [-0.25, -0.2) is 15.0 Å². The van der Waals surface area contributed by atoms with Crippen molar-refractivity contribution in [2.75, 3.05) is 36.5 Å². The van der Waals surface area contributed by atoms with Crippen LogP contribution in [0.2, 0.25) is 0 Å². The van der Waals surface area contributed by atoms with Crippen LogP contribution in [0, 0.1) is 5.92 Å². The Morgan fingerprint density at radius 2 is 2.00 bits per heavy atom. The van der Waals surface area contributed by atoms with E-state index < -0.39 is 0 Å². The predicted molar refractivity (Wildman–Crippen MR) is 110 cm³/mol. The third kappa shape index (κ3) is 3.73. The number of anilines is 2. The maximum absolute atomic E-state index is 12.6. The minimum absolute atomic E-state index is 0.0137. The molecule has 5 rings (SSSR count). The summed E-state index contributed by atoms with van der Waals surface area (Å²) < 4.78 is 5.44. The van der Waals surface area contributed by atoms with Crippen LogP contribution >= 0.6 is 0 Å². The maximum atomic E-state index is 12.6. The number of amides is 1. The lowest BCUT2D eigenvalue weighted by molar-refractivity contribution is -0.117. The van der Waals surface area contributed by atoms with Crippen LogP contribution in [0.4, 0.5) is 11.6 Å². The molecule has 0 aromatic carbocycles. The van der Waals surface area contributed by atoms with Crippen molar-refractivity contribution in [1.82, 2.24) is 30.1 Å². The van der Waals surface area contributed by atoms with Gasteiger partial charge in [0.25, 0.3) is 0 Å². The molecule has 2 aliphatic heterocycles. The van der Waals surface area contributed by atoms with Crippen LogP contribution in [-0.2, 0) is 9.53 Å². The molecule has 1 amide bonds. The van der Waals surface area contributed by atoms with E-state index in [1.165, 1.54) is 6.33 Å². The van der Waals surface area contributed by atoms with Crippen molar-refractivity contribution in [2.45, 2.75) is 19.3 Å². The summed E-state index contributed by atoms with van der Waals surface area (Å²) in [7, 11) is 0. The first-order valence-corrected chi connectivity index (χ1v) is 10.1. The topological polar surface area (TPSA) is 122 Å². The van der Waals surface area contributed by atoms with Crippen LogP contribution in [0.15, 0.2) is 30.9 Å². The van der Waals surface area contributed by atoms with Crippen LogP contribution in [-0.4, -0.2) is 62.3 Å². The highest BCUT2D eigenvalue weighted by Gasteiger charge is 2.28. The first-order chi connectivity index (χ1) is 14.8. The Bertz CT molecular complexity index is 1020. The Kier molecular flexibility index (Phi) is 5.06. The van der Waals surface area contributed by atoms with Crippen LogP contribution in [0.25, 0.3) is 22.8 Å². The van der Waals surface area contributed by atoms with E-state index in [4.69, 9.17) is 9.72 Å².